The minimum atomic E-state index is -1.55. The number of carbonyl (C=O) groups excluding carboxylic acids is 1. The number of methoxy groups -OCH3 is 1. The average molecular weight is 279 g/mol. The van der Waals surface area contributed by atoms with Gasteiger partial charge in [0.15, 0.2) is 0 Å². The van der Waals surface area contributed by atoms with Crippen LogP contribution in [0.3, 0.4) is 0 Å². The summed E-state index contributed by atoms with van der Waals surface area (Å²) in [5, 5.41) is 20.2. The van der Waals surface area contributed by atoms with Gasteiger partial charge in [-0.1, -0.05) is 18.2 Å². The number of Topliss-reactive ketones (excluding diaryl/α,β-unsaturated/α-hetero) is 1. The number of hydrogen-bond donors (Lipinski definition) is 3. The molecule has 0 bridgehead atoms. The third kappa shape index (κ3) is 2.03. The van der Waals surface area contributed by atoms with Gasteiger partial charge in [-0.2, -0.15) is 0 Å². The molecule has 0 radical (unpaired) electrons. The zero-order valence-corrected chi connectivity index (χ0v) is 10.8. The zero-order valence-electron chi connectivity index (χ0n) is 10.8. The number of hydrogen-bond acceptors (Lipinski definition) is 5. The molecule has 0 spiro atoms. The van der Waals surface area contributed by atoms with Crippen molar-refractivity contribution in [3.05, 3.63) is 41.5 Å². The van der Waals surface area contributed by atoms with Gasteiger partial charge in [-0.25, -0.2) is 4.79 Å². The highest BCUT2D eigenvalue weighted by Crippen LogP contribution is 2.40. The standard InChI is InChI=1S/C13H13NO6/c1-13(7-5-3-4-6-8(7)19-2)10(16)9(15)11(20-13)14-12(17)18/h3-6,14-15H,1-2H3,(H,17,18). The number of carboxylic acid groups (broad SMARTS) is 1. The van der Waals surface area contributed by atoms with E-state index in [0.29, 0.717) is 11.3 Å². The van der Waals surface area contributed by atoms with Crippen LogP contribution in [0.25, 0.3) is 0 Å². The Hall–Kier alpha value is -2.70. The summed E-state index contributed by atoms with van der Waals surface area (Å²) in [5.74, 6) is -1.60. The van der Waals surface area contributed by atoms with Crippen LogP contribution in [-0.4, -0.2) is 29.2 Å². The largest absolute Gasteiger partial charge is 0.501 e. The highest BCUT2D eigenvalue weighted by atomic mass is 16.5. The molecule has 106 valence electrons. The molecule has 1 amide bonds. The van der Waals surface area contributed by atoms with Gasteiger partial charge in [0, 0.05) is 5.56 Å². The number of ketones is 1. The Labute approximate surface area is 114 Å². The van der Waals surface area contributed by atoms with Crippen LogP contribution in [0.5, 0.6) is 5.75 Å². The normalized spacial score (nSPS) is 21.6. The molecule has 0 saturated carbocycles. The van der Waals surface area contributed by atoms with Crippen molar-refractivity contribution in [2.75, 3.05) is 7.11 Å². The van der Waals surface area contributed by atoms with E-state index < -0.39 is 29.1 Å². The van der Waals surface area contributed by atoms with Gasteiger partial charge in [0.2, 0.25) is 17.2 Å². The Kier molecular flexibility index (Phi) is 3.27. The molecule has 7 heteroatoms. The smallest absolute Gasteiger partial charge is 0.411 e. The minimum Gasteiger partial charge on any atom is -0.501 e. The summed E-state index contributed by atoms with van der Waals surface area (Å²) in [6.07, 6.45) is -1.44. The van der Waals surface area contributed by atoms with Crippen LogP contribution in [0.4, 0.5) is 4.79 Å². The maximum absolute atomic E-state index is 12.2. The first-order valence-electron chi connectivity index (χ1n) is 5.70. The number of amides is 1. The summed E-state index contributed by atoms with van der Waals surface area (Å²) in [5.41, 5.74) is -1.16. The highest BCUT2D eigenvalue weighted by molar-refractivity contribution is 6.03. The fourth-order valence-corrected chi connectivity index (χ4v) is 2.03. The summed E-state index contributed by atoms with van der Waals surface area (Å²) < 4.78 is 10.5. The van der Waals surface area contributed by atoms with Crippen LogP contribution in [0, 0.1) is 0 Å². The van der Waals surface area contributed by atoms with Gasteiger partial charge in [-0.15, -0.1) is 0 Å². The SMILES string of the molecule is COc1ccccc1C1(C)OC(NC(=O)O)=C(O)C1=O. The Morgan fingerprint density at radius 3 is 2.65 bits per heavy atom. The van der Waals surface area contributed by atoms with Crippen molar-refractivity contribution in [2.24, 2.45) is 0 Å². The predicted octanol–water partition coefficient (Wildman–Crippen LogP) is 1.50. The molecule has 0 aliphatic carbocycles. The molecule has 1 heterocycles. The summed E-state index contributed by atoms with van der Waals surface area (Å²) in [6.45, 7) is 1.43. The molecule has 1 aliphatic heterocycles. The molecule has 2 rings (SSSR count). The van der Waals surface area contributed by atoms with E-state index in [4.69, 9.17) is 14.6 Å². The Morgan fingerprint density at radius 1 is 1.40 bits per heavy atom. The molecule has 0 aromatic heterocycles. The maximum atomic E-state index is 12.2. The molecule has 3 N–H and O–H groups in total. The fourth-order valence-electron chi connectivity index (χ4n) is 2.03. The first-order valence-corrected chi connectivity index (χ1v) is 5.70. The van der Waals surface area contributed by atoms with E-state index >= 15 is 0 Å². The van der Waals surface area contributed by atoms with Crippen molar-refractivity contribution in [2.45, 2.75) is 12.5 Å². The summed E-state index contributed by atoms with van der Waals surface area (Å²) in [7, 11) is 1.44. The number of benzene rings is 1. The Balaban J connectivity index is 2.44. The molecule has 1 atom stereocenters. The number of rotatable bonds is 3. The molecular weight excluding hydrogens is 266 g/mol. The Bertz CT molecular complexity index is 609. The van der Waals surface area contributed by atoms with E-state index in [-0.39, 0.29) is 0 Å². The van der Waals surface area contributed by atoms with E-state index in [9.17, 15) is 14.7 Å². The lowest BCUT2D eigenvalue weighted by Gasteiger charge is -2.25. The van der Waals surface area contributed by atoms with E-state index in [0.717, 1.165) is 0 Å². The second-order valence-electron chi connectivity index (χ2n) is 4.27. The maximum Gasteiger partial charge on any atom is 0.411 e. The minimum absolute atomic E-state index is 0.390. The number of ether oxygens (including phenoxy) is 2. The summed E-state index contributed by atoms with van der Waals surface area (Å²) in [6, 6.07) is 6.64. The molecule has 7 nitrogen and oxygen atoms in total. The van der Waals surface area contributed by atoms with Crippen LogP contribution in [0.15, 0.2) is 35.9 Å². The first kappa shape index (κ1) is 13.7. The van der Waals surface area contributed by atoms with E-state index in [1.54, 1.807) is 24.3 Å². The van der Waals surface area contributed by atoms with Crippen molar-refractivity contribution in [3.63, 3.8) is 0 Å². The molecule has 1 unspecified atom stereocenters. The Morgan fingerprint density at radius 2 is 2.05 bits per heavy atom. The predicted molar refractivity (Wildman–Crippen MR) is 67.3 cm³/mol. The second kappa shape index (κ2) is 4.76. The van der Waals surface area contributed by atoms with E-state index in [2.05, 4.69) is 0 Å². The highest BCUT2D eigenvalue weighted by Gasteiger charge is 2.49. The monoisotopic (exact) mass is 279 g/mol. The lowest BCUT2D eigenvalue weighted by Crippen LogP contribution is -2.32. The van der Waals surface area contributed by atoms with Crippen molar-refractivity contribution in [1.82, 2.24) is 5.32 Å². The lowest BCUT2D eigenvalue weighted by molar-refractivity contribution is -0.131. The molecule has 20 heavy (non-hydrogen) atoms. The lowest BCUT2D eigenvalue weighted by atomic mass is 9.91. The number of aliphatic hydroxyl groups is 1. The number of nitrogens with one attached hydrogen (secondary N) is 1. The summed E-state index contributed by atoms with van der Waals surface area (Å²) in [4.78, 5) is 22.8. The van der Waals surface area contributed by atoms with Gasteiger partial charge in [0.05, 0.1) is 7.11 Å². The van der Waals surface area contributed by atoms with Gasteiger partial charge in [0.1, 0.15) is 5.75 Å². The van der Waals surface area contributed by atoms with Gasteiger partial charge in [-0.3, -0.25) is 10.1 Å². The third-order valence-electron chi connectivity index (χ3n) is 3.01. The number of aliphatic hydroxyl groups excluding tert-OH is 1. The fraction of sp³-hybridized carbons (Fsp3) is 0.231. The van der Waals surface area contributed by atoms with Crippen LogP contribution >= 0.6 is 0 Å². The molecule has 0 fully saturated rings. The van der Waals surface area contributed by atoms with Crippen LogP contribution in [0.2, 0.25) is 0 Å². The van der Waals surface area contributed by atoms with E-state index in [1.165, 1.54) is 14.0 Å². The van der Waals surface area contributed by atoms with Crippen molar-refractivity contribution < 1.29 is 29.3 Å². The van der Waals surface area contributed by atoms with Gasteiger partial charge in [-0.05, 0) is 13.0 Å². The zero-order chi connectivity index (χ0) is 14.9. The summed E-state index contributed by atoms with van der Waals surface area (Å²) >= 11 is 0. The number of para-hydroxylation sites is 1. The van der Waals surface area contributed by atoms with Crippen LogP contribution in [-0.2, 0) is 15.1 Å². The average Bonchev–Trinajstić information content (AvgIpc) is 2.63. The first-order chi connectivity index (χ1) is 9.40. The second-order valence-corrected chi connectivity index (χ2v) is 4.27. The van der Waals surface area contributed by atoms with Crippen LogP contribution < -0.4 is 10.1 Å². The van der Waals surface area contributed by atoms with Gasteiger partial charge >= 0.3 is 6.09 Å². The quantitative estimate of drug-likeness (QED) is 0.774. The molecule has 1 aromatic rings. The van der Waals surface area contributed by atoms with Crippen molar-refractivity contribution in [3.8, 4) is 5.75 Å². The topological polar surface area (TPSA) is 105 Å². The van der Waals surface area contributed by atoms with Crippen molar-refractivity contribution >= 4 is 11.9 Å². The molecule has 1 aliphatic rings. The molecule has 1 aromatic carbocycles. The number of carbonyl (C=O) groups is 2. The van der Waals surface area contributed by atoms with Gasteiger partial charge < -0.3 is 19.7 Å². The van der Waals surface area contributed by atoms with Crippen LogP contribution in [0.1, 0.15) is 12.5 Å². The van der Waals surface area contributed by atoms with Crippen molar-refractivity contribution in [1.29, 1.82) is 0 Å². The van der Waals surface area contributed by atoms with E-state index in [1.807, 2.05) is 5.32 Å². The molecule has 0 saturated heterocycles. The third-order valence-corrected chi connectivity index (χ3v) is 3.01. The molecular formula is C13H13NO6. The van der Waals surface area contributed by atoms with Gasteiger partial charge in [0.25, 0.3) is 5.78 Å².